The summed E-state index contributed by atoms with van der Waals surface area (Å²) in [4.78, 5) is 14.2. The number of likely N-dealkylation sites (N-methyl/N-ethyl adjacent to an activating group) is 1. The van der Waals surface area contributed by atoms with Crippen molar-refractivity contribution in [3.05, 3.63) is 0 Å². The number of piperidine rings is 1. The first-order chi connectivity index (χ1) is 9.45. The number of nitrogens with one attached hydrogen (secondary N) is 1. The third kappa shape index (κ3) is 3.01. The second-order valence-electron chi connectivity index (χ2n) is 7.01. The quantitative estimate of drug-likeness (QED) is 0.813. The van der Waals surface area contributed by atoms with Gasteiger partial charge in [0.25, 0.3) is 0 Å². The Morgan fingerprint density at radius 1 is 1.30 bits per heavy atom. The number of nitrogens with zero attached hydrogens (tertiary/aromatic N) is 1. The molecule has 1 heterocycles. The summed E-state index contributed by atoms with van der Waals surface area (Å²) in [5.74, 6) is -0.669. The van der Waals surface area contributed by atoms with Gasteiger partial charge < -0.3 is 15.3 Å². The molecule has 116 valence electrons. The summed E-state index contributed by atoms with van der Waals surface area (Å²) in [5.41, 5.74) is -0.175. The van der Waals surface area contributed by atoms with Gasteiger partial charge >= 0.3 is 5.97 Å². The fraction of sp³-hybridized carbons (Fsp3) is 0.938. The monoisotopic (exact) mass is 282 g/mol. The topological polar surface area (TPSA) is 52.6 Å². The maximum Gasteiger partial charge on any atom is 0.323 e. The number of hydrogen-bond donors (Lipinski definition) is 2. The van der Waals surface area contributed by atoms with E-state index in [-0.39, 0.29) is 0 Å². The van der Waals surface area contributed by atoms with Crippen LogP contribution in [0.1, 0.15) is 59.3 Å². The minimum Gasteiger partial charge on any atom is -0.480 e. The highest BCUT2D eigenvalue weighted by Crippen LogP contribution is 2.39. The summed E-state index contributed by atoms with van der Waals surface area (Å²) in [6.07, 6.45) is 6.30. The largest absolute Gasteiger partial charge is 0.480 e. The molecular weight excluding hydrogens is 252 g/mol. The zero-order valence-corrected chi connectivity index (χ0v) is 13.2. The van der Waals surface area contributed by atoms with Crippen molar-refractivity contribution in [1.29, 1.82) is 0 Å². The van der Waals surface area contributed by atoms with Gasteiger partial charge in [-0.15, -0.1) is 0 Å². The molecule has 0 spiro atoms. The van der Waals surface area contributed by atoms with Crippen molar-refractivity contribution < 1.29 is 9.90 Å². The summed E-state index contributed by atoms with van der Waals surface area (Å²) in [6, 6.07) is 0.451. The molecular formula is C16H30N2O2. The number of carbonyl (C=O) groups is 1. The molecule has 2 atom stereocenters. The van der Waals surface area contributed by atoms with E-state index in [0.29, 0.717) is 11.5 Å². The van der Waals surface area contributed by atoms with Gasteiger partial charge in [-0.2, -0.15) is 0 Å². The zero-order valence-electron chi connectivity index (χ0n) is 13.2. The van der Waals surface area contributed by atoms with Crippen molar-refractivity contribution in [3.63, 3.8) is 0 Å². The second kappa shape index (κ2) is 6.02. The highest BCUT2D eigenvalue weighted by Gasteiger charge is 2.47. The van der Waals surface area contributed by atoms with Gasteiger partial charge in [0.05, 0.1) is 0 Å². The Hall–Kier alpha value is -0.610. The molecule has 0 aromatic rings. The number of rotatable bonds is 5. The normalized spacial score (nSPS) is 34.2. The Morgan fingerprint density at radius 3 is 2.45 bits per heavy atom. The van der Waals surface area contributed by atoms with Crippen LogP contribution < -0.4 is 5.32 Å². The number of carboxylic acids is 1. The fourth-order valence-electron chi connectivity index (χ4n) is 3.88. The van der Waals surface area contributed by atoms with Crippen molar-refractivity contribution in [1.82, 2.24) is 10.2 Å². The number of likely N-dealkylation sites (tertiary alicyclic amines) is 1. The van der Waals surface area contributed by atoms with E-state index >= 15 is 0 Å². The van der Waals surface area contributed by atoms with E-state index in [1.165, 1.54) is 19.3 Å². The molecule has 0 radical (unpaired) electrons. The van der Waals surface area contributed by atoms with Gasteiger partial charge in [0.1, 0.15) is 5.54 Å². The zero-order chi connectivity index (χ0) is 14.8. The highest BCUT2D eigenvalue weighted by atomic mass is 16.4. The van der Waals surface area contributed by atoms with Crippen LogP contribution in [0.3, 0.4) is 0 Å². The first-order valence-corrected chi connectivity index (χ1v) is 8.17. The average Bonchev–Trinajstić information content (AvgIpc) is 2.86. The van der Waals surface area contributed by atoms with E-state index < -0.39 is 11.5 Å². The number of hydrogen-bond acceptors (Lipinski definition) is 3. The minimum absolute atomic E-state index is 0.451. The molecule has 0 bridgehead atoms. The molecule has 2 unspecified atom stereocenters. The summed E-state index contributed by atoms with van der Waals surface area (Å²) in [5, 5.41) is 12.8. The molecule has 20 heavy (non-hydrogen) atoms. The van der Waals surface area contributed by atoms with E-state index in [2.05, 4.69) is 24.1 Å². The fourth-order valence-corrected chi connectivity index (χ4v) is 3.88. The molecule has 1 aliphatic heterocycles. The first-order valence-electron chi connectivity index (χ1n) is 8.17. The van der Waals surface area contributed by atoms with Crippen molar-refractivity contribution in [2.45, 2.75) is 70.9 Å². The second-order valence-corrected chi connectivity index (χ2v) is 7.01. The van der Waals surface area contributed by atoms with Gasteiger partial charge in [-0.05, 0) is 57.2 Å². The lowest BCUT2D eigenvalue weighted by Crippen LogP contribution is -2.52. The number of aliphatic carboxylic acids is 1. The maximum absolute atomic E-state index is 11.6. The standard InChI is InChI=1S/C16H30N2O2/c1-4-15(3)8-10-18(11-9-15)13-6-7-16(12-13,14(19)20)17-5-2/h13,17H,4-12H2,1-3H3,(H,19,20). The predicted molar refractivity (Wildman–Crippen MR) is 80.9 cm³/mol. The summed E-state index contributed by atoms with van der Waals surface area (Å²) in [7, 11) is 0. The van der Waals surface area contributed by atoms with E-state index in [0.717, 1.165) is 38.9 Å². The Kier molecular flexibility index (Phi) is 4.75. The third-order valence-corrected chi connectivity index (χ3v) is 5.79. The van der Waals surface area contributed by atoms with Crippen LogP contribution in [0.15, 0.2) is 0 Å². The first kappa shape index (κ1) is 15.8. The summed E-state index contributed by atoms with van der Waals surface area (Å²) < 4.78 is 0. The SMILES string of the molecule is CCNC1(C(=O)O)CCC(N2CCC(C)(CC)CC2)C1. The van der Waals surface area contributed by atoms with Gasteiger partial charge in [-0.1, -0.05) is 27.2 Å². The molecule has 2 rings (SSSR count). The average molecular weight is 282 g/mol. The Labute approximate surface area is 122 Å². The highest BCUT2D eigenvalue weighted by molar-refractivity contribution is 5.79. The van der Waals surface area contributed by atoms with E-state index in [4.69, 9.17) is 0 Å². The summed E-state index contributed by atoms with van der Waals surface area (Å²) >= 11 is 0. The van der Waals surface area contributed by atoms with Crippen molar-refractivity contribution in [2.24, 2.45) is 5.41 Å². The van der Waals surface area contributed by atoms with Crippen LogP contribution in [0.5, 0.6) is 0 Å². The molecule has 0 aromatic carbocycles. The van der Waals surface area contributed by atoms with E-state index in [1.54, 1.807) is 0 Å². The molecule has 2 fully saturated rings. The Bertz CT molecular complexity index is 350. The maximum atomic E-state index is 11.6. The van der Waals surface area contributed by atoms with Gasteiger partial charge in [0.2, 0.25) is 0 Å². The molecule has 0 aromatic heterocycles. The number of carboxylic acid groups (broad SMARTS) is 1. The Morgan fingerprint density at radius 2 is 1.95 bits per heavy atom. The van der Waals surface area contributed by atoms with Gasteiger partial charge in [0.15, 0.2) is 0 Å². The Balaban J connectivity index is 1.95. The van der Waals surface area contributed by atoms with Crippen LogP contribution in [-0.2, 0) is 4.79 Å². The van der Waals surface area contributed by atoms with Gasteiger partial charge in [-0.3, -0.25) is 4.79 Å². The molecule has 4 heteroatoms. The minimum atomic E-state index is -0.676. The van der Waals surface area contributed by atoms with Crippen molar-refractivity contribution >= 4 is 5.97 Å². The van der Waals surface area contributed by atoms with E-state index in [9.17, 15) is 9.90 Å². The molecule has 1 saturated heterocycles. The van der Waals surface area contributed by atoms with Crippen LogP contribution in [-0.4, -0.2) is 47.2 Å². The predicted octanol–water partition coefficient (Wildman–Crippen LogP) is 2.48. The van der Waals surface area contributed by atoms with Gasteiger partial charge in [-0.25, -0.2) is 0 Å². The molecule has 4 nitrogen and oxygen atoms in total. The molecule has 1 saturated carbocycles. The molecule has 2 aliphatic rings. The molecule has 0 amide bonds. The van der Waals surface area contributed by atoms with Crippen molar-refractivity contribution in [3.8, 4) is 0 Å². The van der Waals surface area contributed by atoms with Crippen LogP contribution in [0, 0.1) is 5.41 Å². The third-order valence-electron chi connectivity index (χ3n) is 5.79. The van der Waals surface area contributed by atoms with Gasteiger partial charge in [0, 0.05) is 6.04 Å². The van der Waals surface area contributed by atoms with Crippen LogP contribution >= 0.6 is 0 Å². The molecule has 2 N–H and O–H groups in total. The van der Waals surface area contributed by atoms with Crippen LogP contribution in [0.25, 0.3) is 0 Å². The lowest BCUT2D eigenvalue weighted by molar-refractivity contribution is -0.144. The molecule has 1 aliphatic carbocycles. The smallest absolute Gasteiger partial charge is 0.323 e. The van der Waals surface area contributed by atoms with Crippen molar-refractivity contribution in [2.75, 3.05) is 19.6 Å². The summed E-state index contributed by atoms with van der Waals surface area (Å²) in [6.45, 7) is 9.66. The lowest BCUT2D eigenvalue weighted by atomic mass is 9.78. The lowest BCUT2D eigenvalue weighted by Gasteiger charge is -2.42. The van der Waals surface area contributed by atoms with E-state index in [1.807, 2.05) is 6.92 Å². The van der Waals surface area contributed by atoms with Crippen LogP contribution in [0.2, 0.25) is 0 Å². The van der Waals surface area contributed by atoms with Crippen LogP contribution in [0.4, 0.5) is 0 Å².